The lowest BCUT2D eigenvalue weighted by molar-refractivity contribution is -0.132. The Morgan fingerprint density at radius 2 is 2.04 bits per heavy atom. The number of β-amino-alcohol motifs (C(OH)–C–C–N with tert-alkyl or cyclic N) is 1. The van der Waals surface area contributed by atoms with E-state index in [1.807, 2.05) is 0 Å². The SMILES string of the molecule is O=C1NC2(CCSCC2)C(=O)N1C[C@@H](O)COc1ccc(Cl)cc1Cl. The molecule has 2 aliphatic rings. The van der Waals surface area contributed by atoms with E-state index in [4.69, 9.17) is 27.9 Å². The highest BCUT2D eigenvalue weighted by Gasteiger charge is 2.51. The summed E-state index contributed by atoms with van der Waals surface area (Å²) in [6.45, 7) is -0.216. The number of urea groups is 1. The molecular weight excluding hydrogens is 387 g/mol. The smallest absolute Gasteiger partial charge is 0.325 e. The van der Waals surface area contributed by atoms with Crippen molar-refractivity contribution in [2.45, 2.75) is 24.5 Å². The number of imide groups is 1. The summed E-state index contributed by atoms with van der Waals surface area (Å²) in [6.07, 6.45) is 0.215. The van der Waals surface area contributed by atoms with Gasteiger partial charge in [-0.2, -0.15) is 11.8 Å². The highest BCUT2D eigenvalue weighted by Crippen LogP contribution is 2.33. The zero-order valence-electron chi connectivity index (χ0n) is 13.3. The van der Waals surface area contributed by atoms with Crippen LogP contribution in [0.25, 0.3) is 0 Å². The van der Waals surface area contributed by atoms with Crippen molar-refractivity contribution in [1.29, 1.82) is 0 Å². The molecule has 2 heterocycles. The van der Waals surface area contributed by atoms with Gasteiger partial charge in [0.05, 0.1) is 11.6 Å². The zero-order valence-corrected chi connectivity index (χ0v) is 15.7. The first-order chi connectivity index (χ1) is 11.9. The van der Waals surface area contributed by atoms with E-state index in [1.165, 1.54) is 6.07 Å². The summed E-state index contributed by atoms with van der Waals surface area (Å²) in [7, 11) is 0. The predicted octanol–water partition coefficient (Wildman–Crippen LogP) is 2.55. The van der Waals surface area contributed by atoms with Gasteiger partial charge in [-0.25, -0.2) is 4.79 Å². The molecule has 136 valence electrons. The van der Waals surface area contributed by atoms with Crippen LogP contribution < -0.4 is 10.1 Å². The van der Waals surface area contributed by atoms with E-state index in [0.29, 0.717) is 28.6 Å². The number of carbonyl (C=O) groups is 2. The molecule has 1 atom stereocenters. The Morgan fingerprint density at radius 3 is 2.72 bits per heavy atom. The molecule has 0 unspecified atom stereocenters. The molecule has 1 aromatic rings. The average molecular weight is 405 g/mol. The monoisotopic (exact) mass is 404 g/mol. The molecule has 0 saturated carbocycles. The summed E-state index contributed by atoms with van der Waals surface area (Å²) < 4.78 is 5.46. The fraction of sp³-hybridized carbons (Fsp3) is 0.500. The Balaban J connectivity index is 1.58. The van der Waals surface area contributed by atoms with Crippen LogP contribution in [0.2, 0.25) is 10.0 Å². The number of rotatable bonds is 5. The van der Waals surface area contributed by atoms with Gasteiger partial charge in [0.2, 0.25) is 0 Å². The fourth-order valence-corrected chi connectivity index (χ4v) is 4.60. The van der Waals surface area contributed by atoms with E-state index < -0.39 is 17.7 Å². The third-order valence-electron chi connectivity index (χ3n) is 4.31. The van der Waals surface area contributed by atoms with Gasteiger partial charge < -0.3 is 15.2 Å². The van der Waals surface area contributed by atoms with E-state index in [0.717, 1.165) is 16.4 Å². The van der Waals surface area contributed by atoms with Crippen LogP contribution in [-0.4, -0.2) is 58.2 Å². The summed E-state index contributed by atoms with van der Waals surface area (Å²) >= 11 is 13.6. The van der Waals surface area contributed by atoms with Crippen LogP contribution in [0.5, 0.6) is 5.75 Å². The lowest BCUT2D eigenvalue weighted by atomic mass is 9.92. The highest BCUT2D eigenvalue weighted by molar-refractivity contribution is 7.99. The van der Waals surface area contributed by atoms with Crippen LogP contribution >= 0.6 is 35.0 Å². The van der Waals surface area contributed by atoms with Gasteiger partial charge >= 0.3 is 6.03 Å². The molecule has 1 aromatic carbocycles. The molecule has 2 aliphatic heterocycles. The molecule has 2 saturated heterocycles. The van der Waals surface area contributed by atoms with Gasteiger partial charge in [-0.15, -0.1) is 0 Å². The Bertz CT molecular complexity index is 682. The molecule has 0 radical (unpaired) electrons. The topological polar surface area (TPSA) is 78.9 Å². The second-order valence-corrected chi connectivity index (χ2v) is 8.15. The molecule has 2 N–H and O–H groups in total. The van der Waals surface area contributed by atoms with Gasteiger partial charge in [-0.1, -0.05) is 23.2 Å². The number of nitrogens with zero attached hydrogens (tertiary/aromatic N) is 1. The van der Waals surface area contributed by atoms with Gasteiger partial charge in [-0.3, -0.25) is 9.69 Å². The lowest BCUT2D eigenvalue weighted by Gasteiger charge is -2.30. The fourth-order valence-electron chi connectivity index (χ4n) is 2.94. The number of thioether (sulfide) groups is 1. The normalized spacial score (nSPS) is 20.7. The second kappa shape index (κ2) is 7.61. The van der Waals surface area contributed by atoms with Crippen molar-refractivity contribution in [1.82, 2.24) is 10.2 Å². The minimum atomic E-state index is -1.02. The Kier molecular flexibility index (Phi) is 5.68. The first-order valence-corrected chi connectivity index (χ1v) is 9.80. The van der Waals surface area contributed by atoms with Crippen molar-refractivity contribution in [2.75, 3.05) is 24.7 Å². The van der Waals surface area contributed by atoms with Crippen molar-refractivity contribution >= 4 is 46.9 Å². The van der Waals surface area contributed by atoms with Crippen LogP contribution in [-0.2, 0) is 4.79 Å². The number of carbonyl (C=O) groups excluding carboxylic acids is 2. The highest BCUT2D eigenvalue weighted by atomic mass is 35.5. The van der Waals surface area contributed by atoms with Gasteiger partial charge in [0.15, 0.2) is 0 Å². The molecule has 2 fully saturated rings. The van der Waals surface area contributed by atoms with E-state index in [-0.39, 0.29) is 19.1 Å². The number of hydrogen-bond acceptors (Lipinski definition) is 5. The molecule has 1 spiro atoms. The van der Waals surface area contributed by atoms with Gasteiger partial charge in [-0.05, 0) is 42.5 Å². The summed E-state index contributed by atoms with van der Waals surface area (Å²) in [6, 6.07) is 4.30. The third kappa shape index (κ3) is 4.00. The molecule has 6 nitrogen and oxygen atoms in total. The second-order valence-electron chi connectivity index (χ2n) is 6.08. The maximum atomic E-state index is 12.6. The minimum absolute atomic E-state index is 0.0960. The molecular formula is C16H18Cl2N2O4S. The van der Waals surface area contributed by atoms with Crippen molar-refractivity contribution in [3.63, 3.8) is 0 Å². The third-order valence-corrected chi connectivity index (χ3v) is 5.83. The molecule has 9 heteroatoms. The summed E-state index contributed by atoms with van der Waals surface area (Å²) in [5.74, 6) is 1.78. The number of hydrogen-bond donors (Lipinski definition) is 2. The van der Waals surface area contributed by atoms with E-state index in [9.17, 15) is 14.7 Å². The van der Waals surface area contributed by atoms with Crippen molar-refractivity contribution in [3.05, 3.63) is 28.2 Å². The van der Waals surface area contributed by atoms with Crippen LogP contribution in [0, 0.1) is 0 Å². The van der Waals surface area contributed by atoms with Crippen molar-refractivity contribution in [2.24, 2.45) is 0 Å². The number of aliphatic hydroxyl groups is 1. The molecule has 0 aromatic heterocycles. The standard InChI is InChI=1S/C16H18Cl2N2O4S/c17-10-1-2-13(12(18)7-10)24-9-11(21)8-20-14(22)16(19-15(20)23)3-5-25-6-4-16/h1-2,7,11,21H,3-6,8-9H2,(H,19,23)/t11-/m1/s1. The van der Waals surface area contributed by atoms with Gasteiger partial charge in [0.25, 0.3) is 5.91 Å². The predicted molar refractivity (Wildman–Crippen MR) is 97.5 cm³/mol. The number of benzene rings is 1. The van der Waals surface area contributed by atoms with E-state index >= 15 is 0 Å². The molecule has 0 aliphatic carbocycles. The van der Waals surface area contributed by atoms with Crippen LogP contribution in [0.3, 0.4) is 0 Å². The maximum absolute atomic E-state index is 12.6. The van der Waals surface area contributed by atoms with Crippen LogP contribution in [0.4, 0.5) is 4.79 Å². The number of halogens is 2. The number of ether oxygens (including phenoxy) is 1. The largest absolute Gasteiger partial charge is 0.489 e. The van der Waals surface area contributed by atoms with E-state index in [1.54, 1.807) is 23.9 Å². The number of amides is 3. The minimum Gasteiger partial charge on any atom is -0.489 e. The quantitative estimate of drug-likeness (QED) is 0.737. The molecule has 0 bridgehead atoms. The van der Waals surface area contributed by atoms with Crippen molar-refractivity contribution < 1.29 is 19.4 Å². The average Bonchev–Trinajstić information content (AvgIpc) is 2.79. The summed E-state index contributed by atoms with van der Waals surface area (Å²) in [5, 5.41) is 13.8. The number of aliphatic hydroxyl groups excluding tert-OH is 1. The molecule has 3 rings (SSSR count). The molecule has 25 heavy (non-hydrogen) atoms. The van der Waals surface area contributed by atoms with Gasteiger partial charge in [0, 0.05) is 5.02 Å². The van der Waals surface area contributed by atoms with E-state index in [2.05, 4.69) is 5.32 Å². The van der Waals surface area contributed by atoms with Gasteiger partial charge in [0.1, 0.15) is 24.0 Å². The van der Waals surface area contributed by atoms with Crippen LogP contribution in [0.1, 0.15) is 12.8 Å². The summed E-state index contributed by atoms with van der Waals surface area (Å²) in [5.41, 5.74) is -0.803. The zero-order chi connectivity index (χ0) is 18.0. The van der Waals surface area contributed by atoms with Crippen molar-refractivity contribution in [3.8, 4) is 5.75 Å². The Labute approximate surface area is 159 Å². The first-order valence-electron chi connectivity index (χ1n) is 7.89. The van der Waals surface area contributed by atoms with Crippen LogP contribution in [0.15, 0.2) is 18.2 Å². The number of nitrogens with one attached hydrogen (secondary N) is 1. The maximum Gasteiger partial charge on any atom is 0.325 e. The Morgan fingerprint density at radius 1 is 1.32 bits per heavy atom. The first kappa shape index (κ1) is 18.6. The molecule has 3 amide bonds. The Hall–Kier alpha value is -1.15. The summed E-state index contributed by atoms with van der Waals surface area (Å²) in [4.78, 5) is 25.9. The lowest BCUT2D eigenvalue weighted by Crippen LogP contribution is -2.50.